The number of aromatic nitrogens is 3. The van der Waals surface area contributed by atoms with Gasteiger partial charge in [-0.15, -0.1) is 0 Å². The number of nitrogens with one attached hydrogen (secondary N) is 1. The van der Waals surface area contributed by atoms with Crippen LogP contribution in [-0.4, -0.2) is 27.0 Å². The van der Waals surface area contributed by atoms with Crippen LogP contribution in [0.4, 0.5) is 5.95 Å². The predicted molar refractivity (Wildman–Crippen MR) is 97.3 cm³/mol. The molecule has 0 fully saturated rings. The van der Waals surface area contributed by atoms with E-state index in [1.807, 2.05) is 39.8 Å². The number of amides is 1. The third-order valence-electron chi connectivity index (χ3n) is 3.68. The van der Waals surface area contributed by atoms with E-state index in [9.17, 15) is 14.4 Å². The van der Waals surface area contributed by atoms with Crippen molar-refractivity contribution in [3.05, 3.63) is 50.8 Å². The summed E-state index contributed by atoms with van der Waals surface area (Å²) in [6.45, 7) is 8.11. The highest BCUT2D eigenvalue weighted by atomic mass is 16.2. The number of H-pyrrole nitrogens is 1. The van der Waals surface area contributed by atoms with E-state index in [-0.39, 0.29) is 17.8 Å². The largest absolute Gasteiger partial charge is 0.359 e. The van der Waals surface area contributed by atoms with Gasteiger partial charge in [0.2, 0.25) is 11.9 Å². The highest BCUT2D eigenvalue weighted by Gasteiger charge is 2.20. The molecule has 0 unspecified atom stereocenters. The van der Waals surface area contributed by atoms with Crippen LogP contribution < -0.4 is 16.3 Å². The van der Waals surface area contributed by atoms with Crippen molar-refractivity contribution >= 4 is 11.9 Å². The number of aryl methyl sites for hydroxylation is 1. The number of hydrogen-bond donors (Lipinski definition) is 1. The lowest BCUT2D eigenvalue weighted by atomic mass is 10.2. The molecule has 2 aromatic rings. The first-order valence-corrected chi connectivity index (χ1v) is 8.44. The number of aromatic amines is 1. The Morgan fingerprint density at radius 3 is 2.40 bits per heavy atom. The van der Waals surface area contributed by atoms with Gasteiger partial charge in [-0.1, -0.05) is 38.5 Å². The van der Waals surface area contributed by atoms with Crippen LogP contribution in [0.5, 0.6) is 0 Å². The van der Waals surface area contributed by atoms with Gasteiger partial charge in [0.05, 0.1) is 5.69 Å². The van der Waals surface area contributed by atoms with Gasteiger partial charge < -0.3 is 0 Å². The number of carbonyl (C=O) groups excluding carboxylic acids is 1. The van der Waals surface area contributed by atoms with Gasteiger partial charge in [-0.3, -0.25) is 14.7 Å². The van der Waals surface area contributed by atoms with Gasteiger partial charge in [0.15, 0.2) is 0 Å². The van der Waals surface area contributed by atoms with Crippen LogP contribution in [0.25, 0.3) is 5.69 Å². The third kappa shape index (κ3) is 4.43. The summed E-state index contributed by atoms with van der Waals surface area (Å²) in [6, 6.07) is 6.98. The molecule has 0 saturated carbocycles. The molecule has 0 aliphatic heterocycles. The number of carbonyl (C=O) groups is 1. The first kappa shape index (κ1) is 18.6. The van der Waals surface area contributed by atoms with E-state index in [1.54, 1.807) is 12.1 Å². The minimum Gasteiger partial charge on any atom is -0.282 e. The zero-order valence-corrected chi connectivity index (χ0v) is 15.1. The van der Waals surface area contributed by atoms with Crippen molar-refractivity contribution in [3.8, 4) is 5.69 Å². The molecule has 0 atom stereocenters. The molecule has 25 heavy (non-hydrogen) atoms. The summed E-state index contributed by atoms with van der Waals surface area (Å²) in [5, 5.41) is 0. The molecule has 2 rings (SSSR count). The molecular formula is C18H24N4O3. The fraction of sp³-hybridized carbons (Fsp3) is 0.444. The Bertz CT molecular complexity index is 819. The zero-order chi connectivity index (χ0) is 18.6. The highest BCUT2D eigenvalue weighted by Crippen LogP contribution is 2.11. The maximum Gasteiger partial charge on any atom is 0.359 e. The summed E-state index contributed by atoms with van der Waals surface area (Å²) in [6.07, 6.45) is 1.01. The van der Waals surface area contributed by atoms with Crippen LogP contribution in [0.3, 0.4) is 0 Å². The fourth-order valence-corrected chi connectivity index (χ4v) is 2.48. The fourth-order valence-electron chi connectivity index (χ4n) is 2.48. The van der Waals surface area contributed by atoms with Crippen LogP contribution in [0.15, 0.2) is 33.9 Å². The van der Waals surface area contributed by atoms with Crippen molar-refractivity contribution in [2.75, 3.05) is 11.4 Å². The van der Waals surface area contributed by atoms with E-state index in [0.717, 1.165) is 10.1 Å². The number of nitrogens with zero attached hydrogens (tertiary/aromatic N) is 3. The molecule has 0 aliphatic carbocycles. The highest BCUT2D eigenvalue weighted by molar-refractivity contribution is 5.91. The monoisotopic (exact) mass is 344 g/mol. The second-order valence-electron chi connectivity index (χ2n) is 6.47. The normalized spacial score (nSPS) is 10.9. The second kappa shape index (κ2) is 7.92. The molecule has 0 spiro atoms. The number of rotatable bonds is 6. The van der Waals surface area contributed by atoms with E-state index in [1.165, 1.54) is 4.90 Å². The molecule has 0 radical (unpaired) electrons. The summed E-state index contributed by atoms with van der Waals surface area (Å²) >= 11 is 0. The first-order valence-electron chi connectivity index (χ1n) is 8.44. The summed E-state index contributed by atoms with van der Waals surface area (Å²) in [5.41, 5.74) is 0.134. The van der Waals surface area contributed by atoms with Gasteiger partial charge in [0.25, 0.3) is 0 Å². The van der Waals surface area contributed by atoms with E-state index in [4.69, 9.17) is 0 Å². The molecule has 1 aromatic heterocycles. The third-order valence-corrected chi connectivity index (χ3v) is 3.68. The zero-order valence-electron chi connectivity index (χ0n) is 15.1. The molecule has 1 aromatic carbocycles. The summed E-state index contributed by atoms with van der Waals surface area (Å²) < 4.78 is 0.959. The van der Waals surface area contributed by atoms with Crippen molar-refractivity contribution in [2.45, 2.75) is 40.5 Å². The molecule has 0 bridgehead atoms. The van der Waals surface area contributed by atoms with Gasteiger partial charge in [0, 0.05) is 13.0 Å². The molecule has 0 saturated heterocycles. The smallest absolute Gasteiger partial charge is 0.282 e. The average molecular weight is 344 g/mol. The van der Waals surface area contributed by atoms with E-state index >= 15 is 0 Å². The molecule has 1 N–H and O–H groups in total. The summed E-state index contributed by atoms with van der Waals surface area (Å²) in [7, 11) is 0. The van der Waals surface area contributed by atoms with Gasteiger partial charge in [-0.2, -0.15) is 4.98 Å². The molecule has 1 amide bonds. The van der Waals surface area contributed by atoms with Crippen LogP contribution >= 0.6 is 0 Å². The molecule has 134 valence electrons. The first-order chi connectivity index (χ1) is 11.8. The average Bonchev–Trinajstić information content (AvgIpc) is 2.53. The predicted octanol–water partition coefficient (Wildman–Crippen LogP) is 2.02. The van der Waals surface area contributed by atoms with Gasteiger partial charge >= 0.3 is 11.4 Å². The van der Waals surface area contributed by atoms with Crippen molar-refractivity contribution in [2.24, 2.45) is 5.92 Å². The quantitative estimate of drug-likeness (QED) is 0.868. The lowest BCUT2D eigenvalue weighted by molar-refractivity contribution is -0.118. The van der Waals surface area contributed by atoms with Crippen molar-refractivity contribution in [3.63, 3.8) is 0 Å². The second-order valence-corrected chi connectivity index (χ2v) is 6.47. The van der Waals surface area contributed by atoms with E-state index < -0.39 is 11.4 Å². The molecule has 0 aliphatic rings. The lowest BCUT2D eigenvalue weighted by Crippen LogP contribution is -2.42. The Morgan fingerprint density at radius 2 is 1.88 bits per heavy atom. The van der Waals surface area contributed by atoms with Crippen LogP contribution in [-0.2, 0) is 4.79 Å². The van der Waals surface area contributed by atoms with E-state index in [0.29, 0.717) is 25.1 Å². The van der Waals surface area contributed by atoms with Crippen LogP contribution in [0.2, 0.25) is 0 Å². The Labute approximate surface area is 146 Å². The number of hydrogen-bond acceptors (Lipinski definition) is 4. The SMILES string of the molecule is CCCC(=O)N(CC(C)C)c1nc(=O)n(-c2ccc(C)cc2)c(=O)[nH]1. The number of benzene rings is 1. The summed E-state index contributed by atoms with van der Waals surface area (Å²) in [4.78, 5) is 45.1. The molecule has 7 heteroatoms. The number of anilines is 1. The molecule has 1 heterocycles. The van der Waals surface area contributed by atoms with Crippen LogP contribution in [0.1, 0.15) is 39.2 Å². The minimum absolute atomic E-state index is 0.00510. The van der Waals surface area contributed by atoms with Crippen LogP contribution in [0, 0.1) is 12.8 Å². The maximum atomic E-state index is 12.4. The Balaban J connectivity index is 2.49. The van der Waals surface area contributed by atoms with Gasteiger partial charge in [-0.25, -0.2) is 14.2 Å². The minimum atomic E-state index is -0.708. The standard InChI is InChI=1S/C18H24N4O3/c1-5-6-15(23)21(11-12(2)3)16-19-17(24)22(18(25)20-16)14-9-7-13(4)8-10-14/h7-10,12H,5-6,11H2,1-4H3,(H,19,20,24,25). The Morgan fingerprint density at radius 1 is 1.24 bits per heavy atom. The molecular weight excluding hydrogens is 320 g/mol. The topological polar surface area (TPSA) is 88.1 Å². The Kier molecular flexibility index (Phi) is 5.90. The van der Waals surface area contributed by atoms with Gasteiger partial charge in [0.1, 0.15) is 0 Å². The molecule has 7 nitrogen and oxygen atoms in total. The lowest BCUT2D eigenvalue weighted by Gasteiger charge is -2.23. The van der Waals surface area contributed by atoms with E-state index in [2.05, 4.69) is 9.97 Å². The maximum absolute atomic E-state index is 12.4. The van der Waals surface area contributed by atoms with Crippen molar-refractivity contribution in [1.29, 1.82) is 0 Å². The Hall–Kier alpha value is -2.70. The summed E-state index contributed by atoms with van der Waals surface area (Å²) in [5.74, 6) is 0.0167. The van der Waals surface area contributed by atoms with Crippen molar-refractivity contribution < 1.29 is 4.79 Å². The van der Waals surface area contributed by atoms with Crippen molar-refractivity contribution in [1.82, 2.24) is 14.5 Å². The van der Waals surface area contributed by atoms with Gasteiger partial charge in [-0.05, 0) is 31.4 Å².